The van der Waals surface area contributed by atoms with Gasteiger partial charge in [-0.3, -0.25) is 0 Å². The van der Waals surface area contributed by atoms with E-state index >= 15 is 0 Å². The minimum absolute atomic E-state index is 0.0611. The summed E-state index contributed by atoms with van der Waals surface area (Å²) in [5, 5.41) is 3.31. The van der Waals surface area contributed by atoms with Crippen LogP contribution in [0.15, 0.2) is 85.1 Å². The third-order valence-electron chi connectivity index (χ3n) is 7.26. The van der Waals surface area contributed by atoms with Crippen molar-refractivity contribution in [1.82, 2.24) is 9.47 Å². The summed E-state index contributed by atoms with van der Waals surface area (Å²) < 4.78 is 2.23. The second-order valence-electron chi connectivity index (χ2n) is 9.45. The van der Waals surface area contributed by atoms with Crippen LogP contribution < -0.4 is 5.32 Å². The molecule has 0 fully saturated rings. The average Bonchev–Trinajstić information content (AvgIpc) is 3.29. The molecular formula is C30H29N3O. The largest absolute Gasteiger partial charge is 0.322 e. The molecule has 1 N–H and O–H groups in total. The fraction of sp³-hybridized carbons (Fsp3) is 0.233. The molecule has 0 saturated carbocycles. The van der Waals surface area contributed by atoms with E-state index < -0.39 is 0 Å². The highest BCUT2D eigenvalue weighted by atomic mass is 16.2. The number of urea groups is 1. The molecule has 0 spiro atoms. The van der Waals surface area contributed by atoms with Crippen molar-refractivity contribution in [2.75, 3.05) is 5.32 Å². The van der Waals surface area contributed by atoms with Gasteiger partial charge in [-0.1, -0.05) is 60.2 Å². The quantitative estimate of drug-likeness (QED) is 0.360. The number of rotatable bonds is 2. The maximum Gasteiger partial charge on any atom is 0.322 e. The molecule has 2 aliphatic rings. The van der Waals surface area contributed by atoms with E-state index in [1.165, 1.54) is 29.5 Å². The average molecular weight is 448 g/mol. The van der Waals surface area contributed by atoms with Gasteiger partial charge in [-0.05, 0) is 79.1 Å². The third-order valence-corrected chi connectivity index (χ3v) is 7.26. The van der Waals surface area contributed by atoms with Crippen molar-refractivity contribution >= 4 is 11.7 Å². The molecule has 2 amide bonds. The number of aromatic nitrogens is 1. The van der Waals surface area contributed by atoms with E-state index in [4.69, 9.17) is 0 Å². The van der Waals surface area contributed by atoms with Gasteiger partial charge in [0.2, 0.25) is 0 Å². The predicted molar refractivity (Wildman–Crippen MR) is 136 cm³/mol. The van der Waals surface area contributed by atoms with E-state index in [1.807, 2.05) is 4.90 Å². The number of para-hydroxylation sites is 1. The van der Waals surface area contributed by atoms with Crippen LogP contribution in [-0.2, 0) is 19.4 Å². The first-order valence-electron chi connectivity index (χ1n) is 12.2. The Morgan fingerprint density at radius 3 is 2.53 bits per heavy atom. The van der Waals surface area contributed by atoms with Crippen LogP contribution >= 0.6 is 0 Å². The summed E-state index contributed by atoms with van der Waals surface area (Å²) >= 11 is 0. The first-order valence-corrected chi connectivity index (χ1v) is 12.2. The summed E-state index contributed by atoms with van der Waals surface area (Å²) in [4.78, 5) is 16.0. The molecule has 4 nitrogen and oxygen atoms in total. The zero-order valence-electron chi connectivity index (χ0n) is 19.5. The van der Waals surface area contributed by atoms with E-state index in [0.29, 0.717) is 6.54 Å². The Hall–Kier alpha value is -3.79. The number of nitrogens with one attached hydrogen (secondary N) is 1. The molecule has 1 aromatic heterocycles. The van der Waals surface area contributed by atoms with Gasteiger partial charge in [-0.15, -0.1) is 0 Å². The van der Waals surface area contributed by atoms with Crippen LogP contribution in [0.25, 0.3) is 5.69 Å². The van der Waals surface area contributed by atoms with Crippen LogP contribution in [0.2, 0.25) is 0 Å². The van der Waals surface area contributed by atoms with Gasteiger partial charge in [0.1, 0.15) is 0 Å². The number of hydrogen-bond acceptors (Lipinski definition) is 1. The SMILES string of the molecule is Cc1ccc([C@H]2c3cccn3-c3ccccc3CN2C(=O)Nc2cccc3c2CCCC3)cc1. The van der Waals surface area contributed by atoms with Crippen molar-refractivity contribution in [3.8, 4) is 5.69 Å². The third kappa shape index (κ3) is 3.60. The standard InChI is InChI=1S/C30H29N3O/c1-21-15-17-23(18-16-21)29-28-14-7-19-32(28)27-13-5-3-9-24(27)20-33(29)30(34)31-26-12-6-10-22-8-2-4-11-25(22)26/h3,5-7,9-10,12-19,29H,2,4,8,11,20H2,1H3,(H,31,34)/t29-/m0/s1. The lowest BCUT2D eigenvalue weighted by Gasteiger charge is -2.31. The highest BCUT2D eigenvalue weighted by molar-refractivity contribution is 5.91. The van der Waals surface area contributed by atoms with Gasteiger partial charge in [0.15, 0.2) is 0 Å². The van der Waals surface area contributed by atoms with Crippen molar-refractivity contribution in [2.45, 2.75) is 45.2 Å². The maximum absolute atomic E-state index is 14.0. The zero-order chi connectivity index (χ0) is 23.1. The van der Waals surface area contributed by atoms with Crippen LogP contribution in [0.3, 0.4) is 0 Å². The summed E-state index contributed by atoms with van der Waals surface area (Å²) in [6.07, 6.45) is 6.62. The van der Waals surface area contributed by atoms with Gasteiger partial charge < -0.3 is 14.8 Å². The molecule has 1 aliphatic heterocycles. The number of aryl methyl sites for hydroxylation is 2. The van der Waals surface area contributed by atoms with Crippen molar-refractivity contribution in [3.05, 3.63) is 119 Å². The molecular weight excluding hydrogens is 418 g/mol. The lowest BCUT2D eigenvalue weighted by Crippen LogP contribution is -2.38. The molecule has 0 unspecified atom stereocenters. The maximum atomic E-state index is 14.0. The molecule has 34 heavy (non-hydrogen) atoms. The van der Waals surface area contributed by atoms with E-state index in [9.17, 15) is 4.79 Å². The van der Waals surface area contributed by atoms with Gasteiger partial charge in [-0.25, -0.2) is 4.79 Å². The van der Waals surface area contributed by atoms with Gasteiger partial charge in [0.05, 0.1) is 18.3 Å². The Kier molecular flexibility index (Phi) is 5.21. The number of carbonyl (C=O) groups is 1. The van der Waals surface area contributed by atoms with Gasteiger partial charge >= 0.3 is 6.03 Å². The van der Waals surface area contributed by atoms with Crippen molar-refractivity contribution < 1.29 is 4.79 Å². The van der Waals surface area contributed by atoms with E-state index in [2.05, 4.69) is 102 Å². The van der Waals surface area contributed by atoms with Gasteiger partial charge in [0, 0.05) is 17.6 Å². The summed E-state index contributed by atoms with van der Waals surface area (Å²) in [7, 11) is 0. The van der Waals surface area contributed by atoms with E-state index in [1.54, 1.807) is 0 Å². The molecule has 1 atom stereocenters. The Morgan fingerprint density at radius 2 is 1.65 bits per heavy atom. The van der Waals surface area contributed by atoms with Crippen molar-refractivity contribution in [3.63, 3.8) is 0 Å². The molecule has 4 heteroatoms. The molecule has 4 aromatic rings. The fourth-order valence-corrected chi connectivity index (χ4v) is 5.52. The lowest BCUT2D eigenvalue weighted by molar-refractivity contribution is 0.194. The Bertz CT molecular complexity index is 1350. The fourth-order valence-electron chi connectivity index (χ4n) is 5.52. The van der Waals surface area contributed by atoms with Gasteiger partial charge in [0.25, 0.3) is 0 Å². The second kappa shape index (κ2) is 8.53. The summed E-state index contributed by atoms with van der Waals surface area (Å²) in [5.74, 6) is 0. The Balaban J connectivity index is 1.45. The summed E-state index contributed by atoms with van der Waals surface area (Å²) in [5.41, 5.74) is 9.32. The number of amides is 2. The van der Waals surface area contributed by atoms with E-state index in [0.717, 1.165) is 41.0 Å². The van der Waals surface area contributed by atoms with Crippen LogP contribution in [0.1, 0.15) is 52.4 Å². The predicted octanol–water partition coefficient (Wildman–Crippen LogP) is 6.80. The van der Waals surface area contributed by atoms with Crippen LogP contribution in [0.5, 0.6) is 0 Å². The number of benzene rings is 3. The number of nitrogens with zero attached hydrogens (tertiary/aromatic N) is 2. The number of hydrogen-bond donors (Lipinski definition) is 1. The highest BCUT2D eigenvalue weighted by Gasteiger charge is 2.33. The lowest BCUT2D eigenvalue weighted by atomic mass is 9.90. The number of carbonyl (C=O) groups excluding carboxylic acids is 1. The first-order chi connectivity index (χ1) is 16.7. The zero-order valence-corrected chi connectivity index (χ0v) is 19.5. The number of fused-ring (bicyclic) bond motifs is 4. The van der Waals surface area contributed by atoms with Crippen LogP contribution in [-0.4, -0.2) is 15.5 Å². The molecule has 6 rings (SSSR count). The molecule has 2 heterocycles. The van der Waals surface area contributed by atoms with Gasteiger partial charge in [-0.2, -0.15) is 0 Å². The Morgan fingerprint density at radius 1 is 0.853 bits per heavy atom. The van der Waals surface area contributed by atoms with Crippen LogP contribution in [0, 0.1) is 6.92 Å². The molecule has 0 bridgehead atoms. The van der Waals surface area contributed by atoms with Crippen molar-refractivity contribution in [1.29, 1.82) is 0 Å². The number of anilines is 1. The van der Waals surface area contributed by atoms with E-state index in [-0.39, 0.29) is 12.1 Å². The highest BCUT2D eigenvalue weighted by Crippen LogP contribution is 2.37. The second-order valence-corrected chi connectivity index (χ2v) is 9.45. The summed E-state index contributed by atoms with van der Waals surface area (Å²) in [6.45, 7) is 2.63. The van der Waals surface area contributed by atoms with Crippen molar-refractivity contribution in [2.24, 2.45) is 0 Å². The molecule has 3 aromatic carbocycles. The minimum atomic E-state index is -0.192. The molecule has 170 valence electrons. The molecule has 0 radical (unpaired) electrons. The Labute approximate surface area is 200 Å². The molecule has 1 aliphatic carbocycles. The smallest absolute Gasteiger partial charge is 0.318 e. The topological polar surface area (TPSA) is 37.3 Å². The normalized spacial score (nSPS) is 16.7. The summed E-state index contributed by atoms with van der Waals surface area (Å²) in [6, 6.07) is 27.2. The first kappa shape index (κ1) is 20.8. The monoisotopic (exact) mass is 447 g/mol. The van der Waals surface area contributed by atoms with Crippen LogP contribution in [0.4, 0.5) is 10.5 Å². The molecule has 0 saturated heterocycles. The minimum Gasteiger partial charge on any atom is -0.318 e.